The molecule has 2 aromatic carbocycles. The number of para-hydroxylation sites is 2. The third-order valence-electron chi connectivity index (χ3n) is 4.97. The van der Waals surface area contributed by atoms with Crippen LogP contribution in [0.3, 0.4) is 0 Å². The van der Waals surface area contributed by atoms with Crippen LogP contribution >= 0.6 is 0 Å². The zero-order valence-corrected chi connectivity index (χ0v) is 16.2. The molecule has 0 unspecified atom stereocenters. The Bertz CT molecular complexity index is 824. The van der Waals surface area contributed by atoms with Crippen LogP contribution in [0.15, 0.2) is 48.5 Å². The lowest BCUT2D eigenvalue weighted by Crippen LogP contribution is -2.50. The van der Waals surface area contributed by atoms with Gasteiger partial charge in [0.05, 0.1) is 11.4 Å². The summed E-state index contributed by atoms with van der Waals surface area (Å²) in [5.74, 6) is 0.127. The van der Waals surface area contributed by atoms with Gasteiger partial charge in [0.1, 0.15) is 0 Å². The van der Waals surface area contributed by atoms with Crippen molar-refractivity contribution in [3.8, 4) is 0 Å². The van der Waals surface area contributed by atoms with Gasteiger partial charge in [-0.25, -0.2) is 0 Å². The Morgan fingerprint density at radius 2 is 1.56 bits per heavy atom. The Morgan fingerprint density at radius 3 is 2.22 bits per heavy atom. The summed E-state index contributed by atoms with van der Waals surface area (Å²) in [5, 5.41) is 3.06. The van der Waals surface area contributed by atoms with E-state index in [1.165, 1.54) is 0 Å². The van der Waals surface area contributed by atoms with Crippen LogP contribution in [0.5, 0.6) is 0 Å². The van der Waals surface area contributed by atoms with E-state index in [2.05, 4.69) is 10.2 Å². The summed E-state index contributed by atoms with van der Waals surface area (Å²) in [4.78, 5) is 29.1. The first-order valence-corrected chi connectivity index (χ1v) is 9.47. The van der Waals surface area contributed by atoms with E-state index >= 15 is 0 Å². The predicted molar refractivity (Wildman–Crippen MR) is 109 cm³/mol. The van der Waals surface area contributed by atoms with Crippen LogP contribution in [-0.4, -0.2) is 42.9 Å². The van der Waals surface area contributed by atoms with E-state index in [1.807, 2.05) is 74.2 Å². The smallest absolute Gasteiger partial charge is 0.255 e. The van der Waals surface area contributed by atoms with E-state index in [-0.39, 0.29) is 17.7 Å². The molecular weight excluding hydrogens is 338 g/mol. The summed E-state index contributed by atoms with van der Waals surface area (Å²) in [6, 6.07) is 15.4. The normalized spacial score (nSPS) is 14.4. The molecule has 5 nitrogen and oxygen atoms in total. The fourth-order valence-electron chi connectivity index (χ4n) is 3.41. The molecule has 1 N–H and O–H groups in total. The Morgan fingerprint density at radius 1 is 0.926 bits per heavy atom. The number of carbonyl (C=O) groups excluding carboxylic acids is 2. The zero-order chi connectivity index (χ0) is 19.4. The molecule has 0 saturated carbocycles. The third-order valence-corrected chi connectivity index (χ3v) is 4.97. The molecule has 1 saturated heterocycles. The number of hydrogen-bond donors (Lipinski definition) is 1. The second kappa shape index (κ2) is 8.25. The van der Waals surface area contributed by atoms with Crippen LogP contribution in [-0.2, 0) is 4.79 Å². The van der Waals surface area contributed by atoms with Gasteiger partial charge < -0.3 is 15.1 Å². The lowest BCUT2D eigenvalue weighted by molar-refractivity contribution is -0.134. The first-order valence-electron chi connectivity index (χ1n) is 9.47. The Labute approximate surface area is 161 Å². The molecule has 27 heavy (non-hydrogen) atoms. The molecule has 0 spiro atoms. The Hall–Kier alpha value is -2.82. The maximum Gasteiger partial charge on any atom is 0.255 e. The van der Waals surface area contributed by atoms with Gasteiger partial charge in [-0.05, 0) is 30.7 Å². The van der Waals surface area contributed by atoms with E-state index in [1.54, 1.807) is 0 Å². The number of aryl methyl sites for hydroxylation is 1. The molecule has 1 heterocycles. The maximum atomic E-state index is 12.7. The molecule has 0 radical (unpaired) electrons. The summed E-state index contributed by atoms with van der Waals surface area (Å²) in [5.41, 5.74) is 3.43. The van der Waals surface area contributed by atoms with Gasteiger partial charge in [0, 0.05) is 37.7 Å². The van der Waals surface area contributed by atoms with Crippen molar-refractivity contribution in [1.82, 2.24) is 4.90 Å². The van der Waals surface area contributed by atoms with E-state index < -0.39 is 0 Å². The number of carbonyl (C=O) groups is 2. The van der Waals surface area contributed by atoms with Crippen LogP contribution in [0, 0.1) is 12.8 Å². The Kier molecular flexibility index (Phi) is 5.79. The number of nitrogens with one attached hydrogen (secondary N) is 1. The molecule has 5 heteroatoms. The summed E-state index contributed by atoms with van der Waals surface area (Å²) >= 11 is 0. The second-order valence-electron chi connectivity index (χ2n) is 7.25. The van der Waals surface area contributed by atoms with Crippen molar-refractivity contribution in [3.63, 3.8) is 0 Å². The summed E-state index contributed by atoms with van der Waals surface area (Å²) in [7, 11) is 0. The van der Waals surface area contributed by atoms with Crippen LogP contribution in [0.2, 0.25) is 0 Å². The minimum absolute atomic E-state index is 0.0252. The summed E-state index contributed by atoms with van der Waals surface area (Å²) < 4.78 is 0. The van der Waals surface area contributed by atoms with Gasteiger partial charge in [-0.1, -0.05) is 44.2 Å². The molecular formula is C22H27N3O2. The lowest BCUT2D eigenvalue weighted by Gasteiger charge is -2.37. The monoisotopic (exact) mass is 365 g/mol. The van der Waals surface area contributed by atoms with Crippen molar-refractivity contribution in [2.24, 2.45) is 5.92 Å². The number of nitrogens with zero attached hydrogens (tertiary/aromatic N) is 2. The standard InChI is InChI=1S/C22H27N3O2/c1-16(2)22(27)25-14-12-24(13-15-25)20-11-7-6-10-19(20)23-21(26)18-9-5-4-8-17(18)3/h4-11,16H,12-15H2,1-3H3,(H,23,26). The fourth-order valence-corrected chi connectivity index (χ4v) is 3.41. The van der Waals surface area contributed by atoms with Gasteiger partial charge in [-0.15, -0.1) is 0 Å². The molecule has 1 fully saturated rings. The van der Waals surface area contributed by atoms with Crippen LogP contribution < -0.4 is 10.2 Å². The number of amides is 2. The fraction of sp³-hybridized carbons (Fsp3) is 0.364. The highest BCUT2D eigenvalue weighted by atomic mass is 16.2. The van der Waals surface area contributed by atoms with E-state index in [0.717, 1.165) is 30.0 Å². The number of anilines is 2. The van der Waals surface area contributed by atoms with Crippen LogP contribution in [0.4, 0.5) is 11.4 Å². The molecule has 142 valence electrons. The average Bonchev–Trinajstić information content (AvgIpc) is 2.68. The van der Waals surface area contributed by atoms with Gasteiger partial charge in [0.25, 0.3) is 5.91 Å². The van der Waals surface area contributed by atoms with Crippen molar-refractivity contribution < 1.29 is 9.59 Å². The van der Waals surface area contributed by atoms with E-state index in [0.29, 0.717) is 18.7 Å². The van der Waals surface area contributed by atoms with Gasteiger partial charge in [0.15, 0.2) is 0 Å². The SMILES string of the molecule is Cc1ccccc1C(=O)Nc1ccccc1N1CCN(C(=O)C(C)C)CC1. The highest BCUT2D eigenvalue weighted by Gasteiger charge is 2.24. The maximum absolute atomic E-state index is 12.7. The minimum atomic E-state index is -0.103. The largest absolute Gasteiger partial charge is 0.366 e. The van der Waals surface area contributed by atoms with Gasteiger partial charge >= 0.3 is 0 Å². The molecule has 0 bridgehead atoms. The number of hydrogen-bond acceptors (Lipinski definition) is 3. The third kappa shape index (κ3) is 4.30. The quantitative estimate of drug-likeness (QED) is 0.901. The van der Waals surface area contributed by atoms with Crippen molar-refractivity contribution >= 4 is 23.2 Å². The molecule has 0 aromatic heterocycles. The van der Waals surface area contributed by atoms with E-state index in [9.17, 15) is 9.59 Å². The minimum Gasteiger partial charge on any atom is -0.366 e. The molecule has 2 amide bonds. The molecule has 0 aliphatic carbocycles. The topological polar surface area (TPSA) is 52.7 Å². The molecule has 0 atom stereocenters. The first-order chi connectivity index (χ1) is 13.0. The number of rotatable bonds is 4. The number of benzene rings is 2. The molecule has 3 rings (SSSR count). The van der Waals surface area contributed by atoms with Crippen molar-refractivity contribution in [1.29, 1.82) is 0 Å². The van der Waals surface area contributed by atoms with Crippen LogP contribution in [0.25, 0.3) is 0 Å². The van der Waals surface area contributed by atoms with Crippen LogP contribution in [0.1, 0.15) is 29.8 Å². The predicted octanol–water partition coefficient (Wildman–Crippen LogP) is 3.55. The summed E-state index contributed by atoms with van der Waals surface area (Å²) in [6.07, 6.45) is 0. The van der Waals surface area contributed by atoms with E-state index in [4.69, 9.17) is 0 Å². The highest BCUT2D eigenvalue weighted by molar-refractivity contribution is 6.06. The average molecular weight is 365 g/mol. The highest BCUT2D eigenvalue weighted by Crippen LogP contribution is 2.27. The first kappa shape index (κ1) is 19.0. The zero-order valence-electron chi connectivity index (χ0n) is 16.2. The van der Waals surface area contributed by atoms with Crippen molar-refractivity contribution in [2.45, 2.75) is 20.8 Å². The van der Waals surface area contributed by atoms with Gasteiger partial charge in [-0.2, -0.15) is 0 Å². The molecule has 1 aliphatic rings. The number of piperazine rings is 1. The Balaban J connectivity index is 1.73. The van der Waals surface area contributed by atoms with Crippen molar-refractivity contribution in [2.75, 3.05) is 36.4 Å². The van der Waals surface area contributed by atoms with Gasteiger partial charge in [-0.3, -0.25) is 9.59 Å². The summed E-state index contributed by atoms with van der Waals surface area (Å²) in [6.45, 7) is 8.74. The molecule has 1 aliphatic heterocycles. The molecule has 2 aromatic rings. The lowest BCUT2D eigenvalue weighted by atomic mass is 10.1. The second-order valence-corrected chi connectivity index (χ2v) is 7.25. The van der Waals surface area contributed by atoms with Gasteiger partial charge in [0.2, 0.25) is 5.91 Å². The van der Waals surface area contributed by atoms with Crippen molar-refractivity contribution in [3.05, 3.63) is 59.7 Å².